The molecule has 2 aromatic heterocycles. The van der Waals surface area contributed by atoms with Crippen molar-refractivity contribution in [3.05, 3.63) is 12.7 Å². The second kappa shape index (κ2) is 35.8. The summed E-state index contributed by atoms with van der Waals surface area (Å²) in [4.78, 5) is 94.9. The zero-order chi connectivity index (χ0) is 49.7. The van der Waals surface area contributed by atoms with Crippen molar-refractivity contribution in [3.63, 3.8) is 0 Å². The van der Waals surface area contributed by atoms with Crippen molar-refractivity contribution in [1.29, 1.82) is 0 Å². The van der Waals surface area contributed by atoms with Crippen LogP contribution in [-0.4, -0.2) is 108 Å². The van der Waals surface area contributed by atoms with E-state index in [0.29, 0.717) is 12.2 Å². The molecule has 3 heterocycles. The van der Waals surface area contributed by atoms with Crippen molar-refractivity contribution < 1.29 is 169 Å². The Labute approximate surface area is 480 Å². The number of phosphoric acid groups is 3. The van der Waals surface area contributed by atoms with Gasteiger partial charge in [-0.05, 0) is 6.42 Å². The van der Waals surface area contributed by atoms with E-state index in [-0.39, 0.29) is 130 Å². The van der Waals surface area contributed by atoms with E-state index in [9.17, 15) is 57.9 Å². The van der Waals surface area contributed by atoms with Crippen molar-refractivity contribution in [3.8, 4) is 0 Å². The number of carbonyl (C=O) groups excluding carboxylic acids is 3. The third-order valence-electron chi connectivity index (χ3n) is 10.7. The maximum absolute atomic E-state index is 12.6. The van der Waals surface area contributed by atoms with Crippen LogP contribution in [0, 0.1) is 5.41 Å². The number of thioether (sulfide) groups is 1. The Bertz CT molecular complexity index is 2010. The third-order valence-corrected chi connectivity index (χ3v) is 14.7. The summed E-state index contributed by atoms with van der Waals surface area (Å²) >= 11 is 1.15. The second-order valence-electron chi connectivity index (χ2n) is 16.9. The number of amides is 2. The molecule has 8 atom stereocenters. The molecule has 0 bridgehead atoms. The Kier molecular flexibility index (Phi) is 36.1. The second-order valence-corrected chi connectivity index (χ2v) is 22.2. The molecular weight excluding hydrogens is 1030 g/mol. The predicted molar refractivity (Wildman–Crippen MR) is 240 cm³/mol. The molecule has 0 aliphatic carbocycles. The van der Waals surface area contributed by atoms with Crippen LogP contribution in [0.2, 0.25) is 0 Å². The van der Waals surface area contributed by atoms with Crippen molar-refractivity contribution in [2.45, 2.75) is 161 Å². The molecule has 0 saturated carbocycles. The molecule has 1 aliphatic heterocycles. The molecule has 70 heavy (non-hydrogen) atoms. The molecule has 3 rings (SSSR count). The van der Waals surface area contributed by atoms with Gasteiger partial charge in [-0.3, -0.25) is 32.6 Å². The number of imidazole rings is 1. The van der Waals surface area contributed by atoms with Crippen molar-refractivity contribution in [2.24, 2.45) is 5.41 Å². The smallest absolute Gasteiger partial charge is 0.756 e. The molecule has 384 valence electrons. The Hall–Kier alpha value is 0.560. The van der Waals surface area contributed by atoms with Gasteiger partial charge in [-0.1, -0.05) is 122 Å². The average molecular weight is 1100 g/mol. The number of fused-ring (bicyclic) bond motifs is 1. The summed E-state index contributed by atoms with van der Waals surface area (Å²) in [7, 11) is -17.3. The van der Waals surface area contributed by atoms with Crippen LogP contribution < -0.4 is 120 Å². The monoisotopic (exact) mass is 1100 g/mol. The molecule has 1 saturated heterocycles. The number of ether oxygens (including phenoxy) is 1. The van der Waals surface area contributed by atoms with Gasteiger partial charge in [0.2, 0.25) is 11.8 Å². The number of rotatable bonds is 35. The van der Waals surface area contributed by atoms with Crippen LogP contribution in [0.4, 0.5) is 5.82 Å². The van der Waals surface area contributed by atoms with E-state index in [1.54, 1.807) is 0 Å². The molecular formula is C39H67N7Na3O17P3S. The number of unbranched alkanes of at least 4 members (excludes halogenated alkanes) is 14. The van der Waals surface area contributed by atoms with Gasteiger partial charge in [0.05, 0.1) is 19.5 Å². The minimum Gasteiger partial charge on any atom is -0.756 e. The topological polar surface area (TPSA) is 372 Å². The van der Waals surface area contributed by atoms with Crippen LogP contribution >= 0.6 is 35.2 Å². The normalized spacial score (nSPS) is 19.9. The van der Waals surface area contributed by atoms with Crippen LogP contribution in [0.5, 0.6) is 0 Å². The molecule has 0 spiro atoms. The fourth-order valence-electron chi connectivity index (χ4n) is 6.99. The number of hydrogen-bond acceptors (Lipinski definition) is 21. The maximum Gasteiger partial charge on any atom is 1.00 e. The van der Waals surface area contributed by atoms with Gasteiger partial charge < -0.3 is 64.5 Å². The van der Waals surface area contributed by atoms with Crippen molar-refractivity contribution in [2.75, 3.05) is 37.8 Å². The minimum absolute atomic E-state index is 0. The summed E-state index contributed by atoms with van der Waals surface area (Å²) in [6.45, 7) is 2.47. The molecule has 0 radical (unpaired) electrons. The Balaban J connectivity index is 0.0000159. The molecule has 2 amide bonds. The first kappa shape index (κ1) is 70.6. The summed E-state index contributed by atoms with van der Waals surface area (Å²) < 4.78 is 61.2. The first-order valence-corrected chi connectivity index (χ1v) is 28.0. The summed E-state index contributed by atoms with van der Waals surface area (Å²) in [5.74, 6) is -1.11. The molecule has 0 aromatic carbocycles. The van der Waals surface area contributed by atoms with Crippen molar-refractivity contribution >= 4 is 69.1 Å². The summed E-state index contributed by atoms with van der Waals surface area (Å²) in [5, 5.41) is 26.5. The van der Waals surface area contributed by atoms with E-state index in [1.165, 1.54) is 90.9 Å². The number of nitrogens with one attached hydrogen (secondary N) is 2. The summed E-state index contributed by atoms with van der Waals surface area (Å²) in [6.07, 6.45) is 11.8. The van der Waals surface area contributed by atoms with Crippen LogP contribution in [0.25, 0.3) is 11.2 Å². The van der Waals surface area contributed by atoms with Gasteiger partial charge in [0.25, 0.3) is 23.5 Å². The third kappa shape index (κ3) is 27.0. The number of carbonyl (C=O) groups is 3. The van der Waals surface area contributed by atoms with E-state index in [0.717, 1.165) is 48.2 Å². The summed E-state index contributed by atoms with van der Waals surface area (Å²) in [6, 6.07) is 0. The van der Waals surface area contributed by atoms with Gasteiger partial charge >= 0.3 is 88.7 Å². The van der Waals surface area contributed by atoms with Crippen molar-refractivity contribution in [1.82, 2.24) is 30.2 Å². The number of nitrogen functional groups attached to an aromatic ring is 1. The van der Waals surface area contributed by atoms with Crippen LogP contribution in [0.3, 0.4) is 0 Å². The van der Waals surface area contributed by atoms with E-state index in [2.05, 4.69) is 50.4 Å². The molecule has 1 aliphatic rings. The molecule has 8 unspecified atom stereocenters. The zero-order valence-corrected chi connectivity index (χ0v) is 50.8. The number of anilines is 1. The van der Waals surface area contributed by atoms with Gasteiger partial charge in [0, 0.05) is 37.1 Å². The summed E-state index contributed by atoms with van der Waals surface area (Å²) in [5.41, 5.74) is 4.14. The van der Waals surface area contributed by atoms with Crippen LogP contribution in [0.1, 0.15) is 136 Å². The standard InChI is InChI=1S/C39H70N7O17P3S.3Na/c1-4-5-6-7-8-9-10-11-12-13-14-15-16-17-18-19-30(48)67-23-22-41-29(47)20-21-42-37(51)34(50)39(2,3)25-60-66(57,58)63-65(55,56)59-24-28-33(62-64(52,53)54)32(49)38(61-28)46-27-45-31-35(40)43-26-44-36(31)46;;;/h26-28,32-34,38,49-50H,4-25H2,1-3H3,(H,41,47)(H,42,51)(H,55,56)(H,57,58)(H2,40,43,44)(H2,52,53,54);;;/q;3*+1/p-3. The zero-order valence-electron chi connectivity index (χ0n) is 41.3. The van der Waals surface area contributed by atoms with Gasteiger partial charge in [-0.2, -0.15) is 0 Å². The average Bonchev–Trinajstić information content (AvgIpc) is 3.81. The number of aliphatic hydroxyl groups excluding tert-OH is 2. The first-order valence-electron chi connectivity index (χ1n) is 22.5. The molecule has 7 N–H and O–H groups in total. The Morgan fingerprint density at radius 3 is 1.99 bits per heavy atom. The SMILES string of the molecule is CCCCCCCCCCCCCCCCCC(=O)SCCNC(=O)CCNC(=O)C(O)C(C)(C)COP(=O)([O-])OP(=O)([O-])OCC1OC(n2cnc3c(N)ncnc32)C(O)C1OP(=O)([O-])O.[Na+].[Na+].[Na+]. The fraction of sp³-hybridized carbons (Fsp3) is 0.795. The molecule has 1 fully saturated rings. The van der Waals surface area contributed by atoms with E-state index < -0.39 is 84.6 Å². The van der Waals surface area contributed by atoms with E-state index >= 15 is 0 Å². The van der Waals surface area contributed by atoms with E-state index in [1.807, 2.05) is 0 Å². The number of nitrogens with two attached hydrogens (primary N) is 1. The van der Waals surface area contributed by atoms with Gasteiger partial charge in [-0.25, -0.2) is 19.3 Å². The Morgan fingerprint density at radius 1 is 0.857 bits per heavy atom. The number of nitrogens with zero attached hydrogens (tertiary/aromatic N) is 4. The number of aliphatic hydroxyl groups is 2. The number of aromatic nitrogens is 4. The predicted octanol–water partition coefficient (Wildman–Crippen LogP) is -5.96. The quantitative estimate of drug-likeness (QED) is 0.0213. The largest absolute Gasteiger partial charge is 1.00 e. The minimum atomic E-state index is -5.90. The number of hydrogen-bond donors (Lipinski definition) is 6. The maximum atomic E-state index is 12.6. The fourth-order valence-corrected chi connectivity index (χ4v) is 10.5. The van der Waals surface area contributed by atoms with Crippen LogP contribution in [0.15, 0.2) is 12.7 Å². The van der Waals surface area contributed by atoms with E-state index in [4.69, 9.17) is 10.5 Å². The first-order chi connectivity index (χ1) is 31.6. The molecule has 24 nitrogen and oxygen atoms in total. The Morgan fingerprint density at radius 2 is 1.41 bits per heavy atom. The van der Waals surface area contributed by atoms with Crippen LogP contribution in [-0.2, 0) is 50.7 Å². The molecule has 31 heteroatoms. The van der Waals surface area contributed by atoms with Gasteiger partial charge in [0.15, 0.2) is 22.8 Å². The number of phosphoric ester groups is 3. The van der Waals surface area contributed by atoms with Gasteiger partial charge in [0.1, 0.15) is 36.3 Å². The van der Waals surface area contributed by atoms with Gasteiger partial charge in [-0.15, -0.1) is 0 Å². The molecule has 2 aromatic rings.